The van der Waals surface area contributed by atoms with E-state index in [1.807, 2.05) is 4.98 Å². The molecule has 0 unspecified atom stereocenters. The van der Waals surface area contributed by atoms with Crippen LogP contribution >= 0.6 is 0 Å². The molecular formula is C11H9N3O4. The molecule has 2 heterocycles. The molecule has 0 spiro atoms. The normalized spacial score (nSPS) is 10.2. The van der Waals surface area contributed by atoms with Crippen molar-refractivity contribution < 1.29 is 9.90 Å². The highest BCUT2D eigenvalue weighted by molar-refractivity contribution is 5.85. The minimum atomic E-state index is -1.34. The number of carboxylic acids is 1. The van der Waals surface area contributed by atoms with Gasteiger partial charge in [0, 0.05) is 12.3 Å². The second-order valence-electron chi connectivity index (χ2n) is 3.54. The van der Waals surface area contributed by atoms with Gasteiger partial charge in [-0.15, -0.1) is 0 Å². The molecule has 7 nitrogen and oxygen atoms in total. The Hall–Kier alpha value is -2.70. The maximum absolute atomic E-state index is 11.6. The molecule has 2 N–H and O–H groups in total. The Morgan fingerprint density at radius 3 is 2.78 bits per heavy atom. The Balaban J connectivity index is 2.54. The minimum Gasteiger partial charge on any atom is -0.477 e. The smallest absolute Gasteiger partial charge is 0.352 e. The summed E-state index contributed by atoms with van der Waals surface area (Å²) in [6.45, 7) is -0.0158. The van der Waals surface area contributed by atoms with E-state index in [9.17, 15) is 14.4 Å². The third-order valence-corrected chi connectivity index (χ3v) is 2.30. The lowest BCUT2D eigenvalue weighted by Gasteiger charge is -2.07. The van der Waals surface area contributed by atoms with Gasteiger partial charge in [0.25, 0.3) is 5.56 Å². The highest BCUT2D eigenvalue weighted by Crippen LogP contribution is 1.99. The fourth-order valence-corrected chi connectivity index (χ4v) is 1.51. The number of aromatic nitrogens is 3. The zero-order valence-corrected chi connectivity index (χ0v) is 9.16. The molecule has 0 bridgehead atoms. The van der Waals surface area contributed by atoms with Crippen molar-refractivity contribution in [2.75, 3.05) is 0 Å². The van der Waals surface area contributed by atoms with E-state index in [0.29, 0.717) is 5.69 Å². The van der Waals surface area contributed by atoms with Crippen LogP contribution in [0.2, 0.25) is 0 Å². The second-order valence-corrected chi connectivity index (χ2v) is 3.54. The minimum absolute atomic E-state index is 0.0158. The van der Waals surface area contributed by atoms with Crippen molar-refractivity contribution in [2.45, 2.75) is 6.54 Å². The number of aromatic amines is 1. The van der Waals surface area contributed by atoms with Gasteiger partial charge in [-0.3, -0.25) is 19.3 Å². The van der Waals surface area contributed by atoms with Gasteiger partial charge in [-0.2, -0.15) is 0 Å². The molecule has 2 rings (SSSR count). The summed E-state index contributed by atoms with van der Waals surface area (Å²) in [6.07, 6.45) is 1.53. The van der Waals surface area contributed by atoms with Crippen molar-refractivity contribution in [3.8, 4) is 0 Å². The van der Waals surface area contributed by atoms with Crippen LogP contribution in [-0.2, 0) is 6.54 Å². The van der Waals surface area contributed by atoms with Crippen molar-refractivity contribution in [2.24, 2.45) is 0 Å². The van der Waals surface area contributed by atoms with Gasteiger partial charge in [0.15, 0.2) is 0 Å². The average Bonchev–Trinajstić information content (AvgIpc) is 2.33. The van der Waals surface area contributed by atoms with Crippen molar-refractivity contribution in [1.82, 2.24) is 14.5 Å². The first-order valence-corrected chi connectivity index (χ1v) is 5.05. The quantitative estimate of drug-likeness (QED) is 0.773. The monoisotopic (exact) mass is 247 g/mol. The van der Waals surface area contributed by atoms with Crippen LogP contribution in [0.15, 0.2) is 40.1 Å². The van der Waals surface area contributed by atoms with E-state index in [1.54, 1.807) is 18.2 Å². The molecule has 0 radical (unpaired) electrons. The first kappa shape index (κ1) is 11.8. The van der Waals surface area contributed by atoms with E-state index in [1.165, 1.54) is 6.20 Å². The lowest BCUT2D eigenvalue weighted by atomic mass is 10.3. The SMILES string of the molecule is O=C(O)c1cc(=O)[nH]c(=O)n1Cc1ccccn1. The topological polar surface area (TPSA) is 105 Å². The second kappa shape index (κ2) is 4.66. The van der Waals surface area contributed by atoms with Crippen LogP contribution in [0.3, 0.4) is 0 Å². The molecule has 0 aliphatic heterocycles. The lowest BCUT2D eigenvalue weighted by molar-refractivity contribution is 0.0683. The Kier molecular flexibility index (Phi) is 3.05. The molecule has 2 aromatic rings. The molecule has 92 valence electrons. The number of hydrogen-bond acceptors (Lipinski definition) is 4. The third-order valence-electron chi connectivity index (χ3n) is 2.30. The number of rotatable bonds is 3. The molecule has 2 aromatic heterocycles. The number of aromatic carboxylic acids is 1. The molecule has 0 atom stereocenters. The molecule has 7 heteroatoms. The van der Waals surface area contributed by atoms with Crippen LogP contribution in [0, 0.1) is 0 Å². The maximum Gasteiger partial charge on any atom is 0.352 e. The van der Waals surface area contributed by atoms with Gasteiger partial charge in [-0.25, -0.2) is 9.59 Å². The Labute approximate surface area is 100 Å². The van der Waals surface area contributed by atoms with E-state index in [4.69, 9.17) is 5.11 Å². The van der Waals surface area contributed by atoms with E-state index >= 15 is 0 Å². The fourth-order valence-electron chi connectivity index (χ4n) is 1.51. The van der Waals surface area contributed by atoms with Crippen LogP contribution in [-0.4, -0.2) is 25.6 Å². The Bertz CT molecular complexity index is 687. The van der Waals surface area contributed by atoms with Crippen LogP contribution in [0.4, 0.5) is 0 Å². The van der Waals surface area contributed by atoms with Gasteiger partial charge < -0.3 is 5.11 Å². The van der Waals surface area contributed by atoms with Gasteiger partial charge >= 0.3 is 11.7 Å². The Morgan fingerprint density at radius 2 is 2.17 bits per heavy atom. The van der Waals surface area contributed by atoms with Crippen molar-refractivity contribution in [1.29, 1.82) is 0 Å². The van der Waals surface area contributed by atoms with Crippen LogP contribution in [0.25, 0.3) is 0 Å². The lowest BCUT2D eigenvalue weighted by Crippen LogP contribution is -2.34. The summed E-state index contributed by atoms with van der Waals surface area (Å²) in [5.41, 5.74) is -1.36. The zero-order chi connectivity index (χ0) is 13.1. The van der Waals surface area contributed by atoms with Crippen LogP contribution < -0.4 is 11.2 Å². The largest absolute Gasteiger partial charge is 0.477 e. The molecular weight excluding hydrogens is 238 g/mol. The summed E-state index contributed by atoms with van der Waals surface area (Å²) >= 11 is 0. The number of H-pyrrole nitrogens is 1. The predicted molar refractivity (Wildman–Crippen MR) is 61.6 cm³/mol. The van der Waals surface area contributed by atoms with Crippen molar-refractivity contribution >= 4 is 5.97 Å². The predicted octanol–water partition coefficient (Wildman–Crippen LogP) is -0.322. The molecule has 0 aliphatic rings. The molecule has 18 heavy (non-hydrogen) atoms. The summed E-state index contributed by atoms with van der Waals surface area (Å²) in [5.74, 6) is -1.34. The summed E-state index contributed by atoms with van der Waals surface area (Å²) in [6, 6.07) is 5.95. The van der Waals surface area contributed by atoms with Crippen molar-refractivity contribution in [3.05, 3.63) is 62.7 Å². The van der Waals surface area contributed by atoms with Gasteiger partial charge in [0.05, 0.1) is 12.2 Å². The highest BCUT2D eigenvalue weighted by Gasteiger charge is 2.13. The van der Waals surface area contributed by atoms with Gasteiger partial charge in [-0.05, 0) is 12.1 Å². The first-order valence-electron chi connectivity index (χ1n) is 5.05. The van der Waals surface area contributed by atoms with Gasteiger partial charge in [-0.1, -0.05) is 6.07 Å². The molecule has 0 fully saturated rings. The molecule has 0 saturated heterocycles. The maximum atomic E-state index is 11.6. The zero-order valence-electron chi connectivity index (χ0n) is 9.16. The first-order chi connectivity index (χ1) is 8.58. The van der Waals surface area contributed by atoms with Crippen LogP contribution in [0.5, 0.6) is 0 Å². The van der Waals surface area contributed by atoms with Gasteiger partial charge in [0.1, 0.15) is 5.69 Å². The number of nitrogens with zero attached hydrogens (tertiary/aromatic N) is 2. The van der Waals surface area contributed by atoms with Crippen molar-refractivity contribution in [3.63, 3.8) is 0 Å². The molecule has 0 amide bonds. The number of nitrogens with one attached hydrogen (secondary N) is 1. The van der Waals surface area contributed by atoms with E-state index in [-0.39, 0.29) is 12.2 Å². The van der Waals surface area contributed by atoms with E-state index < -0.39 is 17.2 Å². The molecule has 0 aromatic carbocycles. The summed E-state index contributed by atoms with van der Waals surface area (Å²) in [5, 5.41) is 8.96. The van der Waals surface area contributed by atoms with Crippen LogP contribution in [0.1, 0.15) is 16.2 Å². The standard InChI is InChI=1S/C11H9N3O4/c15-9-5-8(10(16)17)14(11(18)13-9)6-7-3-1-2-4-12-7/h1-5H,6H2,(H,16,17)(H,13,15,18). The fraction of sp³-hybridized carbons (Fsp3) is 0.0909. The summed E-state index contributed by atoms with van der Waals surface area (Å²) in [4.78, 5) is 39.7. The van der Waals surface area contributed by atoms with E-state index in [0.717, 1.165) is 10.6 Å². The molecule has 0 aliphatic carbocycles. The third kappa shape index (κ3) is 2.34. The van der Waals surface area contributed by atoms with E-state index in [2.05, 4.69) is 4.98 Å². The number of hydrogen-bond donors (Lipinski definition) is 2. The summed E-state index contributed by atoms with van der Waals surface area (Å²) < 4.78 is 0.950. The number of carboxylic acid groups (broad SMARTS) is 1. The molecule has 0 saturated carbocycles. The Morgan fingerprint density at radius 1 is 1.39 bits per heavy atom. The highest BCUT2D eigenvalue weighted by atomic mass is 16.4. The number of pyridine rings is 1. The summed E-state index contributed by atoms with van der Waals surface area (Å²) in [7, 11) is 0. The average molecular weight is 247 g/mol. The number of carbonyl (C=O) groups is 1. The van der Waals surface area contributed by atoms with Gasteiger partial charge in [0.2, 0.25) is 0 Å².